The third-order valence-corrected chi connectivity index (χ3v) is 11.0. The fourth-order valence-corrected chi connectivity index (χ4v) is 8.96. The highest BCUT2D eigenvalue weighted by Crippen LogP contribution is 2.55. The molecule has 4 aliphatic carbocycles. The highest BCUT2D eigenvalue weighted by atomic mass is 16.6. The van der Waals surface area contributed by atoms with E-state index < -0.39 is 42.7 Å². The maximum atomic E-state index is 14.3. The molecular formula is C37H64N2O8. The van der Waals surface area contributed by atoms with Crippen molar-refractivity contribution in [2.45, 2.75) is 172 Å². The van der Waals surface area contributed by atoms with Gasteiger partial charge in [0.2, 0.25) is 5.91 Å². The van der Waals surface area contributed by atoms with E-state index in [0.29, 0.717) is 30.8 Å². The molecule has 0 radical (unpaired) electrons. The summed E-state index contributed by atoms with van der Waals surface area (Å²) in [6, 6.07) is -0.814. The summed E-state index contributed by atoms with van der Waals surface area (Å²) in [5, 5.41) is 44.8. The Hall–Kier alpha value is -1.56. The van der Waals surface area contributed by atoms with Crippen LogP contribution in [0.25, 0.3) is 0 Å². The molecule has 270 valence electrons. The number of nitrogens with zero attached hydrogens (tertiary/aromatic N) is 1. The number of nitrogens with one attached hydrogen (secondary N) is 1. The molecule has 4 saturated carbocycles. The first-order valence-corrected chi connectivity index (χ1v) is 18.9. The maximum absolute atomic E-state index is 14.3. The van der Waals surface area contributed by atoms with E-state index in [4.69, 9.17) is 9.47 Å². The van der Waals surface area contributed by atoms with Gasteiger partial charge in [-0.3, -0.25) is 9.59 Å². The van der Waals surface area contributed by atoms with Gasteiger partial charge in [-0.05, 0) is 88.4 Å². The molecule has 3 unspecified atom stereocenters. The van der Waals surface area contributed by atoms with Crippen molar-refractivity contribution in [2.24, 2.45) is 17.8 Å². The second kappa shape index (κ2) is 19.0. The predicted molar refractivity (Wildman–Crippen MR) is 180 cm³/mol. The van der Waals surface area contributed by atoms with E-state index in [1.54, 1.807) is 0 Å². The van der Waals surface area contributed by atoms with Crippen LogP contribution in [-0.4, -0.2) is 99.2 Å². The van der Waals surface area contributed by atoms with E-state index in [1.165, 1.54) is 49.8 Å². The van der Waals surface area contributed by atoms with Crippen molar-refractivity contribution in [3.8, 4) is 0 Å². The molecule has 1 heterocycles. The molecule has 5 N–H and O–H groups in total. The van der Waals surface area contributed by atoms with Gasteiger partial charge < -0.3 is 40.1 Å². The van der Waals surface area contributed by atoms with Gasteiger partial charge in [-0.1, -0.05) is 70.9 Å². The van der Waals surface area contributed by atoms with Gasteiger partial charge in [-0.15, -0.1) is 0 Å². The molecular weight excluding hydrogens is 600 g/mol. The third kappa shape index (κ3) is 10.7. The number of carbonyl (C=O) groups excluding carboxylic acids is 2. The minimum Gasteiger partial charge on any atom is -0.387 e. The van der Waals surface area contributed by atoms with Crippen LogP contribution in [0.3, 0.4) is 0 Å². The average Bonchev–Trinajstić information content (AvgIpc) is 3.03. The molecule has 5 aliphatic rings. The van der Waals surface area contributed by atoms with Gasteiger partial charge >= 0.3 is 0 Å². The van der Waals surface area contributed by atoms with Crippen molar-refractivity contribution in [1.29, 1.82) is 0 Å². The number of ether oxygens (including phenoxy) is 2. The molecule has 1 saturated heterocycles. The van der Waals surface area contributed by atoms with Gasteiger partial charge in [-0.2, -0.15) is 0 Å². The van der Waals surface area contributed by atoms with Gasteiger partial charge in [0, 0.05) is 18.7 Å². The molecule has 5 fully saturated rings. The minimum absolute atomic E-state index is 0.102. The van der Waals surface area contributed by atoms with Crippen LogP contribution in [0.15, 0.2) is 12.2 Å². The van der Waals surface area contributed by atoms with Gasteiger partial charge in [0.05, 0.1) is 6.61 Å². The highest BCUT2D eigenvalue weighted by Gasteiger charge is 2.53. The molecule has 1 aliphatic heterocycles. The Kier molecular flexibility index (Phi) is 15.5. The number of allylic oxidation sites excluding steroid dienone is 2. The number of aliphatic hydroxyl groups is 4. The summed E-state index contributed by atoms with van der Waals surface area (Å²) in [6.07, 6.45) is 14.8. The van der Waals surface area contributed by atoms with E-state index in [1.807, 2.05) is 6.92 Å². The Labute approximate surface area is 282 Å². The van der Waals surface area contributed by atoms with Gasteiger partial charge in [0.25, 0.3) is 5.91 Å². The number of amides is 2. The first-order chi connectivity index (χ1) is 22.7. The quantitative estimate of drug-likeness (QED) is 0.0898. The van der Waals surface area contributed by atoms with Crippen LogP contribution in [0.1, 0.15) is 129 Å². The second-order valence-corrected chi connectivity index (χ2v) is 15.1. The summed E-state index contributed by atoms with van der Waals surface area (Å²) >= 11 is 0. The lowest BCUT2D eigenvalue weighted by Gasteiger charge is -2.57. The number of unbranched alkanes of at least 4 members (excludes halogenated alkanes) is 8. The van der Waals surface area contributed by atoms with Crippen LogP contribution in [0.5, 0.6) is 0 Å². The third-order valence-electron chi connectivity index (χ3n) is 11.0. The molecule has 10 heteroatoms. The number of hydrogen-bond acceptors (Lipinski definition) is 8. The van der Waals surface area contributed by atoms with Crippen molar-refractivity contribution in [1.82, 2.24) is 10.2 Å². The zero-order valence-corrected chi connectivity index (χ0v) is 29.1. The number of hydrogen-bond donors (Lipinski definition) is 5. The molecule has 5 rings (SSSR count). The fourth-order valence-electron chi connectivity index (χ4n) is 8.96. The molecule has 0 aromatic heterocycles. The fraction of sp³-hybridized carbons (Fsp3) is 0.892. The SMILES string of the molecule is CCCC/C=C\CCCCCCCCC(C(=O)NC12CC3CC(CC(C3)C1)C2)N(CCOCCC)C(=O)C1O[C@@H](O)C(O)[C@H](O)[C@@H]1O. The normalized spacial score (nSPS) is 33.7. The summed E-state index contributed by atoms with van der Waals surface area (Å²) in [5.41, 5.74) is -0.236. The van der Waals surface area contributed by atoms with E-state index in [-0.39, 0.29) is 24.6 Å². The zero-order chi connectivity index (χ0) is 33.8. The summed E-state index contributed by atoms with van der Waals surface area (Å²) in [6.45, 7) is 5.01. The van der Waals surface area contributed by atoms with Crippen LogP contribution in [0.2, 0.25) is 0 Å². The molecule has 0 spiro atoms. The maximum Gasteiger partial charge on any atom is 0.255 e. The number of carbonyl (C=O) groups is 2. The molecule has 10 nitrogen and oxygen atoms in total. The second-order valence-electron chi connectivity index (χ2n) is 15.1. The van der Waals surface area contributed by atoms with Crippen molar-refractivity contribution >= 4 is 11.8 Å². The Bertz CT molecular complexity index is 956. The number of aliphatic hydroxyl groups excluding tert-OH is 4. The molecule has 0 aromatic rings. The standard InChI is InChI=1S/C37H64N2O8/c1-3-5-6-7-8-9-10-11-12-13-14-15-16-29(34(43)38-37-23-26-20-27(24-37)22-28(21-26)25-37)39(17-19-46-18-4-2)35(44)33-31(41)30(40)32(42)36(45)47-33/h7-8,26-33,36,40-42,45H,3-6,9-25H2,1-2H3,(H,38,43)/b8-7-/t26?,27?,28?,29?,30-,31+,32?,33?,36-,37?/m1/s1. The molecule has 0 aromatic carbocycles. The Morgan fingerprint density at radius 1 is 0.809 bits per heavy atom. The summed E-state index contributed by atoms with van der Waals surface area (Å²) in [7, 11) is 0. The first kappa shape index (κ1) is 38.2. The zero-order valence-electron chi connectivity index (χ0n) is 29.1. The molecule has 2 amide bonds. The van der Waals surface area contributed by atoms with Gasteiger partial charge in [0.15, 0.2) is 12.4 Å². The highest BCUT2D eigenvalue weighted by molar-refractivity contribution is 5.90. The minimum atomic E-state index is -1.84. The Morgan fingerprint density at radius 2 is 1.40 bits per heavy atom. The number of rotatable bonds is 21. The van der Waals surface area contributed by atoms with Gasteiger partial charge in [0.1, 0.15) is 24.4 Å². The topological polar surface area (TPSA) is 149 Å². The van der Waals surface area contributed by atoms with E-state index in [9.17, 15) is 30.0 Å². The molecule has 47 heavy (non-hydrogen) atoms. The van der Waals surface area contributed by atoms with Crippen LogP contribution >= 0.6 is 0 Å². The largest absolute Gasteiger partial charge is 0.387 e. The average molecular weight is 665 g/mol. The Balaban J connectivity index is 1.43. The van der Waals surface area contributed by atoms with Crippen LogP contribution in [0, 0.1) is 17.8 Å². The first-order valence-electron chi connectivity index (χ1n) is 18.9. The Morgan fingerprint density at radius 3 is 2.02 bits per heavy atom. The monoisotopic (exact) mass is 664 g/mol. The van der Waals surface area contributed by atoms with Crippen molar-refractivity contribution in [3.63, 3.8) is 0 Å². The summed E-state index contributed by atoms with van der Waals surface area (Å²) in [5.74, 6) is 1.06. The lowest BCUT2D eigenvalue weighted by molar-refractivity contribution is -0.278. The van der Waals surface area contributed by atoms with E-state index in [0.717, 1.165) is 64.2 Å². The lowest BCUT2D eigenvalue weighted by atomic mass is 9.53. The van der Waals surface area contributed by atoms with E-state index in [2.05, 4.69) is 24.4 Å². The molecule has 4 bridgehead atoms. The van der Waals surface area contributed by atoms with Crippen molar-refractivity contribution < 1.29 is 39.5 Å². The predicted octanol–water partition coefficient (Wildman–Crippen LogP) is 4.36. The van der Waals surface area contributed by atoms with E-state index >= 15 is 0 Å². The van der Waals surface area contributed by atoms with Crippen LogP contribution in [0.4, 0.5) is 0 Å². The van der Waals surface area contributed by atoms with Gasteiger partial charge in [-0.25, -0.2) is 0 Å². The lowest BCUT2D eigenvalue weighted by Crippen LogP contribution is -2.66. The van der Waals surface area contributed by atoms with Crippen molar-refractivity contribution in [2.75, 3.05) is 19.8 Å². The van der Waals surface area contributed by atoms with Crippen LogP contribution in [-0.2, 0) is 19.1 Å². The smallest absolute Gasteiger partial charge is 0.255 e. The summed E-state index contributed by atoms with van der Waals surface area (Å²) in [4.78, 5) is 29.9. The summed E-state index contributed by atoms with van der Waals surface area (Å²) < 4.78 is 11.1. The van der Waals surface area contributed by atoms with Crippen LogP contribution < -0.4 is 5.32 Å². The van der Waals surface area contributed by atoms with Crippen molar-refractivity contribution in [3.05, 3.63) is 12.2 Å². The molecule has 6 atom stereocenters.